The van der Waals surface area contributed by atoms with E-state index in [0.29, 0.717) is 23.3 Å². The molecule has 0 amide bonds. The lowest BCUT2D eigenvalue weighted by Crippen LogP contribution is -2.07. The Labute approximate surface area is 187 Å². The lowest BCUT2D eigenvalue weighted by atomic mass is 10.1. The van der Waals surface area contributed by atoms with Crippen LogP contribution < -0.4 is 4.74 Å². The van der Waals surface area contributed by atoms with Crippen molar-refractivity contribution in [3.63, 3.8) is 0 Å². The van der Waals surface area contributed by atoms with Crippen LogP contribution in [0.15, 0.2) is 76.5 Å². The number of aromatic nitrogens is 3. The molecule has 4 aromatic rings. The molecule has 0 N–H and O–H groups in total. The second-order valence-corrected chi connectivity index (χ2v) is 7.66. The van der Waals surface area contributed by atoms with Gasteiger partial charge in [0.25, 0.3) is 5.69 Å². The summed E-state index contributed by atoms with van der Waals surface area (Å²) in [7, 11) is 1.60. The van der Waals surface area contributed by atoms with Crippen LogP contribution in [0.2, 0.25) is 0 Å². The Kier molecular flexibility index (Phi) is 6.31. The summed E-state index contributed by atoms with van der Waals surface area (Å²) in [5, 5.41) is 20.1. The normalized spacial score (nSPS) is 10.8. The van der Waals surface area contributed by atoms with Crippen LogP contribution >= 0.6 is 11.8 Å². The highest BCUT2D eigenvalue weighted by Gasteiger charge is 2.18. The van der Waals surface area contributed by atoms with Gasteiger partial charge in [-0.05, 0) is 36.4 Å². The van der Waals surface area contributed by atoms with Crippen LogP contribution in [0, 0.1) is 10.1 Å². The average Bonchev–Trinajstić information content (AvgIpc) is 3.48. The Morgan fingerprint density at radius 1 is 1.16 bits per heavy atom. The van der Waals surface area contributed by atoms with Crippen LogP contribution in [0.5, 0.6) is 5.75 Å². The number of nitro groups is 1. The maximum atomic E-state index is 12.6. The van der Waals surface area contributed by atoms with Crippen LogP contribution in [0.4, 0.5) is 5.69 Å². The number of ether oxygens (including phenoxy) is 1. The molecule has 2 aromatic carbocycles. The number of carbonyl (C=O) groups is 1. The third-order valence-electron chi connectivity index (χ3n) is 4.67. The van der Waals surface area contributed by atoms with Gasteiger partial charge in [-0.15, -0.1) is 10.2 Å². The van der Waals surface area contributed by atoms with Gasteiger partial charge in [0.05, 0.1) is 30.6 Å². The first-order valence-corrected chi connectivity index (χ1v) is 10.5. The van der Waals surface area contributed by atoms with Crippen molar-refractivity contribution in [3.8, 4) is 17.1 Å². The molecule has 2 aromatic heterocycles. The molecule has 32 heavy (non-hydrogen) atoms. The predicted octanol–water partition coefficient (Wildman–Crippen LogP) is 4.48. The molecule has 10 heteroatoms. The molecular weight excluding hydrogens is 432 g/mol. The number of carbonyl (C=O) groups excluding carboxylic acids is 1. The van der Waals surface area contributed by atoms with Crippen LogP contribution in [0.25, 0.3) is 11.4 Å². The van der Waals surface area contributed by atoms with Crippen molar-refractivity contribution in [2.24, 2.45) is 0 Å². The molecule has 0 saturated heterocycles. The van der Waals surface area contributed by atoms with E-state index in [4.69, 9.17) is 9.15 Å². The van der Waals surface area contributed by atoms with E-state index in [-0.39, 0.29) is 22.8 Å². The minimum Gasteiger partial charge on any atom is -0.497 e. The fraction of sp³-hybridized carbons (Fsp3) is 0.136. The topological polar surface area (TPSA) is 113 Å². The number of hydrogen-bond acceptors (Lipinski definition) is 8. The summed E-state index contributed by atoms with van der Waals surface area (Å²) in [6, 6.07) is 16.8. The molecule has 0 aliphatic heterocycles. The minimum absolute atomic E-state index is 0.0556. The summed E-state index contributed by atoms with van der Waals surface area (Å²) in [4.78, 5) is 23.1. The number of Topliss-reactive ketones (excluding diaryl/α,β-unsaturated/α-hetero) is 1. The fourth-order valence-electron chi connectivity index (χ4n) is 3.06. The van der Waals surface area contributed by atoms with Crippen molar-refractivity contribution in [3.05, 3.63) is 88.4 Å². The van der Waals surface area contributed by atoms with Gasteiger partial charge >= 0.3 is 0 Å². The first-order valence-electron chi connectivity index (χ1n) is 9.55. The molecule has 2 heterocycles. The van der Waals surface area contributed by atoms with E-state index < -0.39 is 4.92 Å². The molecule has 9 nitrogen and oxygen atoms in total. The molecule has 0 spiro atoms. The maximum absolute atomic E-state index is 12.6. The fourth-order valence-corrected chi connectivity index (χ4v) is 3.89. The van der Waals surface area contributed by atoms with E-state index in [2.05, 4.69) is 10.2 Å². The smallest absolute Gasteiger partial charge is 0.270 e. The van der Waals surface area contributed by atoms with Gasteiger partial charge in [0.2, 0.25) is 0 Å². The van der Waals surface area contributed by atoms with E-state index in [0.717, 1.165) is 11.3 Å². The number of furan rings is 1. The zero-order valence-corrected chi connectivity index (χ0v) is 17.8. The van der Waals surface area contributed by atoms with E-state index in [1.54, 1.807) is 25.5 Å². The van der Waals surface area contributed by atoms with Crippen molar-refractivity contribution >= 4 is 23.2 Å². The third kappa shape index (κ3) is 4.70. The average molecular weight is 450 g/mol. The molecule has 0 radical (unpaired) electrons. The third-order valence-corrected chi connectivity index (χ3v) is 5.64. The zero-order chi connectivity index (χ0) is 22.5. The van der Waals surface area contributed by atoms with Crippen LogP contribution in [0.1, 0.15) is 16.1 Å². The van der Waals surface area contributed by atoms with E-state index in [1.807, 2.05) is 34.9 Å². The van der Waals surface area contributed by atoms with E-state index in [1.165, 1.54) is 30.0 Å². The van der Waals surface area contributed by atoms with Crippen LogP contribution in [-0.2, 0) is 6.54 Å². The predicted molar refractivity (Wildman–Crippen MR) is 118 cm³/mol. The van der Waals surface area contributed by atoms with Crippen LogP contribution in [-0.4, -0.2) is 38.3 Å². The highest BCUT2D eigenvalue weighted by Crippen LogP contribution is 2.27. The highest BCUT2D eigenvalue weighted by atomic mass is 32.2. The highest BCUT2D eigenvalue weighted by molar-refractivity contribution is 7.99. The van der Waals surface area contributed by atoms with Crippen molar-refractivity contribution in [2.45, 2.75) is 11.7 Å². The minimum atomic E-state index is -0.523. The van der Waals surface area contributed by atoms with Gasteiger partial charge < -0.3 is 9.15 Å². The summed E-state index contributed by atoms with van der Waals surface area (Å²) in [6.45, 7) is 0.384. The molecule has 0 aliphatic carbocycles. The number of benzene rings is 2. The number of rotatable bonds is 9. The largest absolute Gasteiger partial charge is 0.497 e. The second-order valence-electron chi connectivity index (χ2n) is 6.72. The van der Waals surface area contributed by atoms with Crippen molar-refractivity contribution in [1.82, 2.24) is 14.8 Å². The van der Waals surface area contributed by atoms with Crippen molar-refractivity contribution < 1.29 is 18.9 Å². The quantitative estimate of drug-likeness (QED) is 0.159. The summed E-state index contributed by atoms with van der Waals surface area (Å²) in [5.41, 5.74) is 0.990. The molecule has 0 aliphatic rings. The van der Waals surface area contributed by atoms with Crippen molar-refractivity contribution in [2.75, 3.05) is 12.9 Å². The van der Waals surface area contributed by atoms with E-state index >= 15 is 0 Å². The number of thioether (sulfide) groups is 1. The molecule has 0 unspecified atom stereocenters. The summed E-state index contributed by atoms with van der Waals surface area (Å²) < 4.78 is 12.6. The lowest BCUT2D eigenvalue weighted by Gasteiger charge is -2.09. The zero-order valence-electron chi connectivity index (χ0n) is 17.0. The molecule has 4 rings (SSSR count). The van der Waals surface area contributed by atoms with Gasteiger partial charge in [-0.2, -0.15) is 0 Å². The standard InChI is InChI=1S/C22H18N4O5S/c1-30-18-9-7-15(8-10-18)21-23-24-22(25(21)13-19-6-3-11-31-19)32-14-20(27)16-4-2-5-17(12-16)26(28)29/h2-12H,13-14H2,1H3. The number of hydrogen-bond donors (Lipinski definition) is 0. The number of methoxy groups -OCH3 is 1. The Morgan fingerprint density at radius 3 is 2.66 bits per heavy atom. The molecule has 0 saturated carbocycles. The van der Waals surface area contributed by atoms with Crippen LogP contribution in [0.3, 0.4) is 0 Å². The Balaban J connectivity index is 1.59. The number of nitro benzene ring substituents is 1. The molecule has 0 atom stereocenters. The van der Waals surface area contributed by atoms with Gasteiger partial charge in [0, 0.05) is 23.3 Å². The first kappa shape index (κ1) is 21.3. The summed E-state index contributed by atoms with van der Waals surface area (Å²) >= 11 is 1.21. The number of nitrogens with zero attached hydrogens (tertiary/aromatic N) is 4. The monoisotopic (exact) mass is 450 g/mol. The molecule has 0 bridgehead atoms. The number of non-ortho nitro benzene ring substituents is 1. The maximum Gasteiger partial charge on any atom is 0.270 e. The van der Waals surface area contributed by atoms with Gasteiger partial charge in [-0.25, -0.2) is 0 Å². The van der Waals surface area contributed by atoms with Gasteiger partial charge in [0.1, 0.15) is 11.5 Å². The SMILES string of the molecule is COc1ccc(-c2nnc(SCC(=O)c3cccc([N+](=O)[O-])c3)n2Cc2ccco2)cc1. The Hall–Kier alpha value is -3.92. The number of ketones is 1. The molecular formula is C22H18N4O5S. The first-order chi connectivity index (χ1) is 15.5. The molecule has 162 valence electrons. The summed E-state index contributed by atoms with van der Waals surface area (Å²) in [5.74, 6) is 1.88. The van der Waals surface area contributed by atoms with Gasteiger partial charge in [0.15, 0.2) is 16.8 Å². The molecule has 0 fully saturated rings. The Morgan fingerprint density at radius 2 is 1.97 bits per heavy atom. The lowest BCUT2D eigenvalue weighted by molar-refractivity contribution is -0.384. The second kappa shape index (κ2) is 9.48. The van der Waals surface area contributed by atoms with Gasteiger partial charge in [-0.3, -0.25) is 19.5 Å². The Bertz CT molecular complexity index is 1240. The summed E-state index contributed by atoms with van der Waals surface area (Å²) in [6.07, 6.45) is 1.59. The van der Waals surface area contributed by atoms with Gasteiger partial charge in [-0.1, -0.05) is 23.9 Å². The van der Waals surface area contributed by atoms with Crippen molar-refractivity contribution in [1.29, 1.82) is 0 Å². The van der Waals surface area contributed by atoms with E-state index in [9.17, 15) is 14.9 Å².